The van der Waals surface area contributed by atoms with E-state index in [-0.39, 0.29) is 0 Å². The zero-order chi connectivity index (χ0) is 30.5. The van der Waals surface area contributed by atoms with Gasteiger partial charge in [-0.25, -0.2) is 0 Å². The van der Waals surface area contributed by atoms with E-state index in [1.165, 1.54) is 75.7 Å². The third kappa shape index (κ3) is 4.30. The SMILES string of the molecule is c1ccc(-c2ccccc2-c2sc(-c3cc(-n4c5ccccc5c5ccccc54)ccc3-c3ccccc3)c3ccccc23)cc1. The Kier molecular flexibility index (Phi) is 6.40. The maximum Gasteiger partial charge on any atom is 0.0541 e. The fraction of sp³-hybridized carbons (Fsp3) is 0. The van der Waals surface area contributed by atoms with Crippen LogP contribution in [0, 0.1) is 0 Å². The predicted molar refractivity (Wildman–Crippen MR) is 198 cm³/mol. The Morgan fingerprint density at radius 2 is 0.761 bits per heavy atom. The summed E-state index contributed by atoms with van der Waals surface area (Å²) in [6.45, 7) is 0. The summed E-state index contributed by atoms with van der Waals surface area (Å²) < 4.78 is 2.42. The van der Waals surface area contributed by atoms with Crippen molar-refractivity contribution in [1.29, 1.82) is 0 Å². The average Bonchev–Trinajstić information content (AvgIpc) is 3.69. The number of hydrogen-bond acceptors (Lipinski definition) is 1. The van der Waals surface area contributed by atoms with Crippen molar-refractivity contribution in [3.05, 3.63) is 176 Å². The van der Waals surface area contributed by atoms with E-state index in [0.717, 1.165) is 5.69 Å². The third-order valence-electron chi connectivity index (χ3n) is 9.05. The molecule has 7 aromatic carbocycles. The van der Waals surface area contributed by atoms with E-state index in [1.807, 2.05) is 11.3 Å². The van der Waals surface area contributed by atoms with Gasteiger partial charge < -0.3 is 4.57 Å². The fourth-order valence-electron chi connectivity index (χ4n) is 6.97. The second kappa shape index (κ2) is 11.0. The molecule has 0 aliphatic heterocycles. The Bertz CT molecular complexity index is 2460. The van der Waals surface area contributed by atoms with Gasteiger partial charge in [0.1, 0.15) is 0 Å². The molecule has 9 aromatic rings. The molecule has 0 aliphatic rings. The lowest BCUT2D eigenvalue weighted by Gasteiger charge is -2.14. The van der Waals surface area contributed by atoms with Crippen molar-refractivity contribution >= 4 is 43.9 Å². The first-order valence-electron chi connectivity index (χ1n) is 15.7. The van der Waals surface area contributed by atoms with Gasteiger partial charge in [-0.15, -0.1) is 11.3 Å². The Labute approximate surface area is 272 Å². The number of thiophene rings is 1. The van der Waals surface area contributed by atoms with Crippen molar-refractivity contribution < 1.29 is 0 Å². The molecule has 46 heavy (non-hydrogen) atoms. The first-order valence-corrected chi connectivity index (χ1v) is 16.5. The Hall–Kier alpha value is -5.70. The van der Waals surface area contributed by atoms with E-state index in [1.54, 1.807) is 0 Å². The molecule has 0 atom stereocenters. The van der Waals surface area contributed by atoms with Crippen molar-refractivity contribution in [3.63, 3.8) is 0 Å². The van der Waals surface area contributed by atoms with Crippen molar-refractivity contribution in [2.24, 2.45) is 0 Å². The average molecular weight is 604 g/mol. The molecule has 0 aliphatic carbocycles. The molecule has 0 unspecified atom stereocenters. The van der Waals surface area contributed by atoms with E-state index in [2.05, 4.69) is 180 Å². The molecule has 0 bridgehead atoms. The highest BCUT2D eigenvalue weighted by molar-refractivity contribution is 7.21. The number of hydrogen-bond donors (Lipinski definition) is 0. The van der Waals surface area contributed by atoms with Gasteiger partial charge in [0, 0.05) is 48.1 Å². The smallest absolute Gasteiger partial charge is 0.0541 e. The molecule has 1 nitrogen and oxygen atoms in total. The second-order valence-corrected chi connectivity index (χ2v) is 12.7. The van der Waals surface area contributed by atoms with Crippen molar-refractivity contribution in [3.8, 4) is 48.8 Å². The van der Waals surface area contributed by atoms with Gasteiger partial charge in [0.25, 0.3) is 0 Å². The number of fused-ring (bicyclic) bond motifs is 4. The molecule has 0 amide bonds. The van der Waals surface area contributed by atoms with Gasteiger partial charge in [0.15, 0.2) is 0 Å². The van der Waals surface area contributed by atoms with Crippen LogP contribution in [0.2, 0.25) is 0 Å². The van der Waals surface area contributed by atoms with E-state index in [0.29, 0.717) is 0 Å². The minimum absolute atomic E-state index is 1.16. The van der Waals surface area contributed by atoms with Crippen molar-refractivity contribution in [2.75, 3.05) is 0 Å². The highest BCUT2D eigenvalue weighted by Gasteiger charge is 2.21. The number of rotatable bonds is 5. The van der Waals surface area contributed by atoms with Gasteiger partial charge in [0.05, 0.1) is 11.0 Å². The summed E-state index contributed by atoms with van der Waals surface area (Å²) in [5, 5.41) is 5.11. The Morgan fingerprint density at radius 1 is 0.326 bits per heavy atom. The third-order valence-corrected chi connectivity index (χ3v) is 10.3. The highest BCUT2D eigenvalue weighted by atomic mass is 32.1. The molecule has 0 fully saturated rings. The molecule has 2 heteroatoms. The van der Waals surface area contributed by atoms with E-state index in [4.69, 9.17) is 0 Å². The van der Waals surface area contributed by atoms with Gasteiger partial charge in [-0.2, -0.15) is 0 Å². The number of para-hydroxylation sites is 2. The van der Waals surface area contributed by atoms with E-state index < -0.39 is 0 Å². The van der Waals surface area contributed by atoms with Crippen LogP contribution in [-0.2, 0) is 0 Å². The quantitative estimate of drug-likeness (QED) is 0.184. The molecule has 0 spiro atoms. The van der Waals surface area contributed by atoms with Crippen LogP contribution in [0.4, 0.5) is 0 Å². The molecule has 0 saturated carbocycles. The largest absolute Gasteiger partial charge is 0.309 e. The number of benzene rings is 7. The first-order chi connectivity index (χ1) is 22.8. The lowest BCUT2D eigenvalue weighted by molar-refractivity contribution is 1.18. The zero-order valence-electron chi connectivity index (χ0n) is 25.1. The molecule has 9 rings (SSSR count). The first kappa shape index (κ1) is 26.7. The van der Waals surface area contributed by atoms with Crippen molar-refractivity contribution in [1.82, 2.24) is 4.57 Å². The standard InChI is InChI=1S/C44H29NS/c1-3-15-30(16-4-1)33-19-7-8-22-37(33)43-38-23-9-10-24-39(38)44(46-43)40-29-32(27-28-34(40)31-17-5-2-6-18-31)45-41-25-13-11-20-35(41)36-21-12-14-26-42(36)45/h1-29H. The predicted octanol–water partition coefficient (Wildman–Crippen LogP) is 12.7. The Morgan fingerprint density at radius 3 is 1.35 bits per heavy atom. The van der Waals surface area contributed by atoms with Gasteiger partial charge in [-0.05, 0) is 46.5 Å². The molecule has 0 radical (unpaired) electrons. The molecule has 2 aromatic heterocycles. The molecular formula is C44H29NS. The summed E-state index contributed by atoms with van der Waals surface area (Å²) in [7, 11) is 0. The Balaban J connectivity index is 1.34. The number of aromatic nitrogens is 1. The summed E-state index contributed by atoms with van der Waals surface area (Å²) in [5.41, 5.74) is 11.0. The van der Waals surface area contributed by atoms with Crippen LogP contribution >= 0.6 is 11.3 Å². The van der Waals surface area contributed by atoms with E-state index >= 15 is 0 Å². The minimum atomic E-state index is 1.16. The molecule has 0 saturated heterocycles. The summed E-state index contributed by atoms with van der Waals surface area (Å²) in [4.78, 5) is 2.58. The second-order valence-electron chi connectivity index (χ2n) is 11.7. The highest BCUT2D eigenvalue weighted by Crippen LogP contribution is 2.49. The van der Waals surface area contributed by atoms with Crippen LogP contribution in [0.15, 0.2) is 176 Å². The molecule has 0 N–H and O–H groups in total. The van der Waals surface area contributed by atoms with Gasteiger partial charge in [-0.1, -0.05) is 152 Å². The normalized spacial score (nSPS) is 11.5. The minimum Gasteiger partial charge on any atom is -0.309 e. The maximum absolute atomic E-state index is 2.42. The topological polar surface area (TPSA) is 4.93 Å². The molecule has 2 heterocycles. The van der Waals surface area contributed by atoms with Crippen LogP contribution in [0.3, 0.4) is 0 Å². The summed E-state index contributed by atoms with van der Waals surface area (Å²) in [5.74, 6) is 0. The number of nitrogens with zero attached hydrogens (tertiary/aromatic N) is 1. The summed E-state index contributed by atoms with van der Waals surface area (Å²) in [6.07, 6.45) is 0. The molecule has 216 valence electrons. The maximum atomic E-state index is 2.42. The lowest BCUT2D eigenvalue weighted by Crippen LogP contribution is -1.95. The van der Waals surface area contributed by atoms with Crippen LogP contribution in [0.25, 0.3) is 81.4 Å². The van der Waals surface area contributed by atoms with Crippen LogP contribution in [0.5, 0.6) is 0 Å². The summed E-state index contributed by atoms with van der Waals surface area (Å²) in [6, 6.07) is 63.8. The fourth-order valence-corrected chi connectivity index (χ4v) is 8.32. The van der Waals surface area contributed by atoms with Crippen molar-refractivity contribution in [2.45, 2.75) is 0 Å². The monoisotopic (exact) mass is 603 g/mol. The van der Waals surface area contributed by atoms with Gasteiger partial charge in [0.2, 0.25) is 0 Å². The lowest BCUT2D eigenvalue weighted by atomic mass is 9.94. The van der Waals surface area contributed by atoms with Gasteiger partial charge >= 0.3 is 0 Å². The van der Waals surface area contributed by atoms with Gasteiger partial charge in [-0.3, -0.25) is 0 Å². The van der Waals surface area contributed by atoms with Crippen LogP contribution < -0.4 is 0 Å². The van der Waals surface area contributed by atoms with Crippen LogP contribution in [0.1, 0.15) is 0 Å². The summed E-state index contributed by atoms with van der Waals surface area (Å²) >= 11 is 1.90. The zero-order valence-corrected chi connectivity index (χ0v) is 25.9. The van der Waals surface area contributed by atoms with E-state index in [9.17, 15) is 0 Å². The van der Waals surface area contributed by atoms with Crippen LogP contribution in [-0.4, -0.2) is 4.57 Å². The molecular weight excluding hydrogens is 575 g/mol.